The summed E-state index contributed by atoms with van der Waals surface area (Å²) in [4.78, 5) is 0. The highest BCUT2D eigenvalue weighted by molar-refractivity contribution is 8.70. The number of phenols is 1. The third kappa shape index (κ3) is 2.99. The highest BCUT2D eigenvalue weighted by Gasteiger charge is 2.34. The fraction of sp³-hybridized carbons (Fsp3) is 0.333. The lowest BCUT2D eigenvalue weighted by molar-refractivity contribution is 0.475. The standard InChI is InChI=1S/C9H13NO3S3/c1-9(2,15-14)16(12,13)10-7-3-5-8(11)6-4-7/h3-6,10-11,14H,1-2H3. The van der Waals surface area contributed by atoms with Gasteiger partial charge in [0, 0.05) is 5.69 Å². The number of hydrogen-bond acceptors (Lipinski definition) is 5. The number of thiol groups is 1. The van der Waals surface area contributed by atoms with Crippen LogP contribution in [0.5, 0.6) is 5.75 Å². The topological polar surface area (TPSA) is 66.4 Å². The zero-order chi connectivity index (χ0) is 12.4. The van der Waals surface area contributed by atoms with Crippen LogP contribution in [-0.2, 0) is 10.0 Å². The molecule has 1 rings (SSSR count). The maximum absolute atomic E-state index is 11.9. The molecule has 0 saturated carbocycles. The number of rotatable bonds is 4. The maximum Gasteiger partial charge on any atom is 0.248 e. The van der Waals surface area contributed by atoms with Gasteiger partial charge in [-0.15, -0.1) is 11.7 Å². The van der Waals surface area contributed by atoms with E-state index in [1.807, 2.05) is 0 Å². The molecule has 0 bridgehead atoms. The van der Waals surface area contributed by atoms with Crippen molar-refractivity contribution in [2.45, 2.75) is 17.9 Å². The second-order valence-electron chi connectivity index (χ2n) is 3.64. The summed E-state index contributed by atoms with van der Waals surface area (Å²) >= 11 is 3.93. The molecule has 0 unspecified atom stereocenters. The van der Waals surface area contributed by atoms with Gasteiger partial charge in [0.15, 0.2) is 0 Å². The highest BCUT2D eigenvalue weighted by Crippen LogP contribution is 2.34. The number of aromatic hydroxyl groups is 1. The molecule has 0 heterocycles. The molecule has 2 N–H and O–H groups in total. The average molecular weight is 279 g/mol. The van der Waals surface area contributed by atoms with Crippen LogP contribution in [0.3, 0.4) is 0 Å². The summed E-state index contributed by atoms with van der Waals surface area (Å²) in [6.07, 6.45) is 0. The van der Waals surface area contributed by atoms with E-state index in [-0.39, 0.29) is 5.75 Å². The van der Waals surface area contributed by atoms with Crippen LogP contribution in [0.4, 0.5) is 5.69 Å². The van der Waals surface area contributed by atoms with Crippen molar-refractivity contribution in [3.05, 3.63) is 24.3 Å². The molecule has 1 aromatic rings. The van der Waals surface area contributed by atoms with Crippen LogP contribution in [0.2, 0.25) is 0 Å². The molecular weight excluding hydrogens is 266 g/mol. The van der Waals surface area contributed by atoms with Gasteiger partial charge in [-0.05, 0) is 38.1 Å². The van der Waals surface area contributed by atoms with Crippen molar-refractivity contribution < 1.29 is 13.5 Å². The fourth-order valence-electron chi connectivity index (χ4n) is 0.857. The lowest BCUT2D eigenvalue weighted by atomic mass is 10.3. The summed E-state index contributed by atoms with van der Waals surface area (Å²) in [5.41, 5.74) is 0.410. The highest BCUT2D eigenvalue weighted by atomic mass is 33.1. The van der Waals surface area contributed by atoms with Gasteiger partial charge in [-0.2, -0.15) is 0 Å². The molecule has 0 aliphatic carbocycles. The van der Waals surface area contributed by atoms with E-state index in [4.69, 9.17) is 5.11 Å². The normalized spacial score (nSPS) is 12.4. The summed E-state index contributed by atoms with van der Waals surface area (Å²) in [6, 6.07) is 5.82. The number of phenolic OH excluding ortho intramolecular Hbond substituents is 1. The van der Waals surface area contributed by atoms with Gasteiger partial charge < -0.3 is 5.11 Å². The molecule has 0 aliphatic heterocycles. The number of nitrogens with one attached hydrogen (secondary N) is 1. The van der Waals surface area contributed by atoms with E-state index in [1.54, 1.807) is 13.8 Å². The lowest BCUT2D eigenvalue weighted by Gasteiger charge is -2.22. The molecule has 0 atom stereocenters. The Morgan fingerprint density at radius 1 is 1.31 bits per heavy atom. The summed E-state index contributed by atoms with van der Waals surface area (Å²) in [5, 5.41) is 9.07. The van der Waals surface area contributed by atoms with E-state index >= 15 is 0 Å². The zero-order valence-electron chi connectivity index (χ0n) is 8.84. The van der Waals surface area contributed by atoms with Crippen LogP contribution in [0, 0.1) is 0 Å². The number of benzene rings is 1. The van der Waals surface area contributed by atoms with Gasteiger partial charge in [-0.3, -0.25) is 4.72 Å². The molecule has 0 aliphatic rings. The Morgan fingerprint density at radius 3 is 2.25 bits per heavy atom. The summed E-state index contributed by atoms with van der Waals surface area (Å²) in [7, 11) is -2.57. The summed E-state index contributed by atoms with van der Waals surface area (Å²) in [6.45, 7) is 3.13. The van der Waals surface area contributed by atoms with Gasteiger partial charge >= 0.3 is 0 Å². The maximum atomic E-state index is 11.9. The Morgan fingerprint density at radius 2 is 1.81 bits per heavy atom. The SMILES string of the molecule is CC(C)(SS)S(=O)(=O)Nc1ccc(O)cc1. The first-order chi connectivity index (χ1) is 7.28. The molecular formula is C9H13NO3S3. The molecule has 0 radical (unpaired) electrons. The third-order valence-corrected chi connectivity index (χ3v) is 6.87. The van der Waals surface area contributed by atoms with Crippen LogP contribution < -0.4 is 4.72 Å². The van der Waals surface area contributed by atoms with Gasteiger partial charge in [-0.1, -0.05) is 10.8 Å². The van der Waals surface area contributed by atoms with E-state index in [2.05, 4.69) is 16.4 Å². The second kappa shape index (κ2) is 4.77. The molecule has 16 heavy (non-hydrogen) atoms. The molecule has 1 aromatic carbocycles. The predicted molar refractivity (Wildman–Crippen MR) is 71.3 cm³/mol. The van der Waals surface area contributed by atoms with Crippen molar-refractivity contribution in [2.24, 2.45) is 0 Å². The van der Waals surface area contributed by atoms with E-state index in [0.29, 0.717) is 5.69 Å². The number of anilines is 1. The van der Waals surface area contributed by atoms with E-state index < -0.39 is 14.1 Å². The third-order valence-electron chi connectivity index (χ3n) is 1.99. The van der Waals surface area contributed by atoms with Gasteiger partial charge in [0.1, 0.15) is 9.83 Å². The summed E-state index contributed by atoms with van der Waals surface area (Å²) in [5.74, 6) is 0.0887. The number of hydrogen-bond donors (Lipinski definition) is 3. The van der Waals surface area contributed by atoms with Crippen LogP contribution in [0.15, 0.2) is 24.3 Å². The lowest BCUT2D eigenvalue weighted by Crippen LogP contribution is -2.32. The van der Waals surface area contributed by atoms with Crippen molar-refractivity contribution in [3.63, 3.8) is 0 Å². The van der Waals surface area contributed by atoms with Crippen molar-refractivity contribution in [1.29, 1.82) is 0 Å². The van der Waals surface area contributed by atoms with E-state index in [9.17, 15) is 8.42 Å². The quantitative estimate of drug-likeness (QED) is 0.450. The fourth-order valence-corrected chi connectivity index (χ4v) is 2.95. The van der Waals surface area contributed by atoms with Crippen molar-refractivity contribution in [1.82, 2.24) is 0 Å². The van der Waals surface area contributed by atoms with Crippen LogP contribution in [0.1, 0.15) is 13.8 Å². The Kier molecular flexibility index (Phi) is 4.03. The first-order valence-electron chi connectivity index (χ1n) is 4.42. The van der Waals surface area contributed by atoms with Crippen LogP contribution in [0.25, 0.3) is 0 Å². The van der Waals surface area contributed by atoms with Crippen molar-refractivity contribution in [3.8, 4) is 5.75 Å². The Balaban J connectivity index is 2.94. The van der Waals surface area contributed by atoms with Crippen LogP contribution >= 0.6 is 22.5 Å². The van der Waals surface area contributed by atoms with Gasteiger partial charge in [-0.25, -0.2) is 8.42 Å². The molecule has 4 nitrogen and oxygen atoms in total. The zero-order valence-corrected chi connectivity index (χ0v) is 11.4. The predicted octanol–water partition coefficient (Wildman–Crippen LogP) is 2.45. The monoisotopic (exact) mass is 279 g/mol. The molecule has 0 fully saturated rings. The minimum Gasteiger partial charge on any atom is -0.508 e. The average Bonchev–Trinajstić information content (AvgIpc) is 2.21. The largest absolute Gasteiger partial charge is 0.508 e. The number of sulfonamides is 1. The van der Waals surface area contributed by atoms with Crippen LogP contribution in [-0.4, -0.2) is 17.6 Å². The summed E-state index contributed by atoms with van der Waals surface area (Å²) < 4.78 is 25.2. The Bertz CT molecular complexity index is 453. The molecule has 0 amide bonds. The first kappa shape index (κ1) is 13.5. The molecule has 0 saturated heterocycles. The van der Waals surface area contributed by atoms with Gasteiger partial charge in [0.25, 0.3) is 0 Å². The smallest absolute Gasteiger partial charge is 0.248 e. The van der Waals surface area contributed by atoms with E-state index in [1.165, 1.54) is 24.3 Å². The first-order valence-corrected chi connectivity index (χ1v) is 7.78. The minimum atomic E-state index is -3.52. The van der Waals surface area contributed by atoms with Crippen molar-refractivity contribution in [2.75, 3.05) is 4.72 Å². The van der Waals surface area contributed by atoms with E-state index in [0.717, 1.165) is 10.8 Å². The Hall–Kier alpha value is -0.530. The Labute approximate surface area is 104 Å². The molecule has 0 spiro atoms. The minimum absolute atomic E-state index is 0.0887. The van der Waals surface area contributed by atoms with Gasteiger partial charge in [0.05, 0.1) is 0 Å². The van der Waals surface area contributed by atoms with Gasteiger partial charge in [0.2, 0.25) is 10.0 Å². The molecule has 7 heteroatoms. The second-order valence-corrected chi connectivity index (χ2v) is 7.88. The van der Waals surface area contributed by atoms with Crippen molar-refractivity contribution >= 4 is 38.2 Å². The molecule has 90 valence electrons. The molecule has 0 aromatic heterocycles.